The molecule has 1 N–H and O–H groups in total. The van der Waals surface area contributed by atoms with Crippen LogP contribution in [-0.2, 0) is 0 Å². The van der Waals surface area contributed by atoms with Crippen molar-refractivity contribution in [1.29, 1.82) is 0 Å². The lowest BCUT2D eigenvalue weighted by atomic mass is 9.73. The number of methoxy groups -OCH3 is 1. The largest absolute Gasteiger partial charge is 0.496 e. The summed E-state index contributed by atoms with van der Waals surface area (Å²) in [7, 11) is 1.44. The van der Waals surface area contributed by atoms with Gasteiger partial charge in [-0.1, -0.05) is 25.1 Å². The molecule has 0 amide bonds. The normalized spacial score (nSPS) is 21.5. The minimum Gasteiger partial charge on any atom is -0.496 e. The molecule has 0 aliphatic heterocycles. The molecule has 2 aromatic rings. The summed E-state index contributed by atoms with van der Waals surface area (Å²) in [6.45, 7) is 1.79. The highest BCUT2D eigenvalue weighted by molar-refractivity contribution is 6.32. The maximum atomic E-state index is 13.1. The molecule has 4 rings (SSSR count). The van der Waals surface area contributed by atoms with Gasteiger partial charge in [0, 0.05) is 28.7 Å². The van der Waals surface area contributed by atoms with Gasteiger partial charge in [-0.3, -0.25) is 14.4 Å². The van der Waals surface area contributed by atoms with Crippen LogP contribution in [0.15, 0.2) is 30.3 Å². The summed E-state index contributed by atoms with van der Waals surface area (Å²) >= 11 is 0. The van der Waals surface area contributed by atoms with Crippen molar-refractivity contribution >= 4 is 17.3 Å². The Morgan fingerprint density at radius 2 is 1.64 bits per heavy atom. The summed E-state index contributed by atoms with van der Waals surface area (Å²) in [4.78, 5) is 38.7. The number of hydrogen-bond donors (Lipinski definition) is 1. The molecule has 0 saturated carbocycles. The number of ether oxygens (including phenoxy) is 1. The number of hydrogen-bond acceptors (Lipinski definition) is 5. The fourth-order valence-corrected chi connectivity index (χ4v) is 3.80. The highest BCUT2D eigenvalue weighted by Crippen LogP contribution is 2.41. The fourth-order valence-electron chi connectivity index (χ4n) is 3.80. The van der Waals surface area contributed by atoms with Gasteiger partial charge in [-0.2, -0.15) is 0 Å². The van der Waals surface area contributed by atoms with Crippen LogP contribution in [0.4, 0.5) is 0 Å². The summed E-state index contributed by atoms with van der Waals surface area (Å²) in [5, 5.41) is 10.4. The molecule has 0 heterocycles. The minimum atomic E-state index is -0.826. The number of Topliss-reactive ketones (excluding diaryl/α,β-unsaturated/α-hetero) is 1. The van der Waals surface area contributed by atoms with Crippen molar-refractivity contribution in [2.75, 3.05) is 7.11 Å². The van der Waals surface area contributed by atoms with Crippen LogP contribution in [0.25, 0.3) is 0 Å². The predicted octanol–water partition coefficient (Wildman–Crippen LogP) is 2.73. The van der Waals surface area contributed by atoms with Gasteiger partial charge < -0.3 is 9.84 Å². The highest BCUT2D eigenvalue weighted by atomic mass is 16.5. The summed E-state index contributed by atoms with van der Waals surface area (Å²) in [5.41, 5.74) is 1.37. The molecule has 0 aromatic heterocycles. The average Bonchev–Trinajstić information content (AvgIpc) is 2.62. The van der Waals surface area contributed by atoms with Gasteiger partial charge in [-0.15, -0.1) is 0 Å². The van der Waals surface area contributed by atoms with Crippen molar-refractivity contribution in [1.82, 2.24) is 0 Å². The van der Waals surface area contributed by atoms with Crippen molar-refractivity contribution in [3.8, 4) is 5.75 Å². The summed E-state index contributed by atoms with van der Waals surface area (Å²) in [5.74, 6) is -0.822. The van der Waals surface area contributed by atoms with Crippen molar-refractivity contribution < 1.29 is 24.2 Å². The lowest BCUT2D eigenvalue weighted by Gasteiger charge is -2.30. The van der Waals surface area contributed by atoms with Gasteiger partial charge in [0.25, 0.3) is 0 Å². The molecular weight excluding hydrogens is 320 g/mol. The molecular formula is C20H16O5. The lowest BCUT2D eigenvalue weighted by molar-refractivity contribution is 0.0745. The second-order valence-corrected chi connectivity index (χ2v) is 6.54. The molecule has 2 aromatic carbocycles. The van der Waals surface area contributed by atoms with E-state index >= 15 is 0 Å². The van der Waals surface area contributed by atoms with Crippen LogP contribution in [0.5, 0.6) is 5.75 Å². The monoisotopic (exact) mass is 336 g/mol. The number of carbonyl (C=O) groups excluding carboxylic acids is 3. The van der Waals surface area contributed by atoms with E-state index in [0.717, 1.165) is 0 Å². The Morgan fingerprint density at radius 3 is 2.36 bits per heavy atom. The third-order valence-corrected chi connectivity index (χ3v) is 5.07. The zero-order chi connectivity index (χ0) is 17.9. The maximum absolute atomic E-state index is 13.1. The minimum absolute atomic E-state index is 0.110. The topological polar surface area (TPSA) is 80.7 Å². The molecule has 0 saturated heterocycles. The first kappa shape index (κ1) is 15.7. The Bertz CT molecular complexity index is 957. The molecule has 126 valence electrons. The van der Waals surface area contributed by atoms with Crippen LogP contribution in [0.2, 0.25) is 0 Å². The fraction of sp³-hybridized carbons (Fsp3) is 0.250. The van der Waals surface area contributed by atoms with E-state index in [1.165, 1.54) is 13.2 Å². The summed E-state index contributed by atoms with van der Waals surface area (Å²) in [6.07, 6.45) is -0.676. The number of ketones is 3. The first-order valence-corrected chi connectivity index (χ1v) is 8.10. The molecule has 5 nitrogen and oxygen atoms in total. The number of carbonyl (C=O) groups is 3. The van der Waals surface area contributed by atoms with Crippen LogP contribution in [0.3, 0.4) is 0 Å². The molecule has 2 atom stereocenters. The molecule has 25 heavy (non-hydrogen) atoms. The number of aliphatic hydroxyl groups is 1. The predicted molar refractivity (Wildman–Crippen MR) is 89.4 cm³/mol. The smallest absolute Gasteiger partial charge is 0.198 e. The van der Waals surface area contributed by atoms with E-state index in [1.807, 2.05) is 0 Å². The van der Waals surface area contributed by atoms with Gasteiger partial charge >= 0.3 is 0 Å². The third-order valence-electron chi connectivity index (χ3n) is 5.07. The number of rotatable bonds is 1. The van der Waals surface area contributed by atoms with E-state index in [-0.39, 0.29) is 57.5 Å². The number of benzene rings is 2. The van der Waals surface area contributed by atoms with Gasteiger partial charge in [-0.25, -0.2) is 0 Å². The van der Waals surface area contributed by atoms with Crippen molar-refractivity contribution in [2.45, 2.75) is 19.4 Å². The van der Waals surface area contributed by atoms with E-state index < -0.39 is 6.10 Å². The van der Waals surface area contributed by atoms with Crippen LogP contribution >= 0.6 is 0 Å². The van der Waals surface area contributed by atoms with Crippen molar-refractivity contribution in [3.05, 3.63) is 63.7 Å². The zero-order valence-electron chi connectivity index (χ0n) is 13.8. The van der Waals surface area contributed by atoms with Crippen LogP contribution in [0.1, 0.15) is 67.2 Å². The highest BCUT2D eigenvalue weighted by Gasteiger charge is 2.40. The number of aliphatic hydroxyl groups excluding tert-OH is 1. The van der Waals surface area contributed by atoms with E-state index in [2.05, 4.69) is 0 Å². The summed E-state index contributed by atoms with van der Waals surface area (Å²) in [6, 6.07) is 7.94. The van der Waals surface area contributed by atoms with Crippen LogP contribution < -0.4 is 4.74 Å². The average molecular weight is 336 g/mol. The molecule has 0 fully saturated rings. The third kappa shape index (κ3) is 2.02. The maximum Gasteiger partial charge on any atom is 0.198 e. The first-order valence-electron chi connectivity index (χ1n) is 8.10. The molecule has 0 bridgehead atoms. The summed E-state index contributed by atoms with van der Waals surface area (Å²) < 4.78 is 5.23. The standard InChI is InChI=1S/C20H16O5/c1-9-8-13(21)15-11(18(9)22)6-7-12-17(15)20(24)10-4-3-5-14(25-2)16(10)19(12)23/h3-7,9,18,22H,8H2,1-2H3/t9-,18+/m1/s1. The van der Waals surface area contributed by atoms with Gasteiger partial charge in [-0.05, 0) is 23.6 Å². The van der Waals surface area contributed by atoms with E-state index in [4.69, 9.17) is 4.74 Å². The van der Waals surface area contributed by atoms with Gasteiger partial charge in [0.1, 0.15) is 5.75 Å². The van der Waals surface area contributed by atoms with Gasteiger partial charge in [0.15, 0.2) is 17.3 Å². The molecule has 2 aliphatic rings. The Hall–Kier alpha value is -2.79. The Kier molecular flexibility index (Phi) is 3.37. The zero-order valence-corrected chi connectivity index (χ0v) is 13.8. The second-order valence-electron chi connectivity index (χ2n) is 6.54. The van der Waals surface area contributed by atoms with E-state index in [1.54, 1.807) is 31.2 Å². The molecule has 0 radical (unpaired) electrons. The molecule has 2 aliphatic carbocycles. The van der Waals surface area contributed by atoms with Crippen LogP contribution in [-0.4, -0.2) is 29.6 Å². The van der Waals surface area contributed by atoms with Crippen molar-refractivity contribution in [3.63, 3.8) is 0 Å². The van der Waals surface area contributed by atoms with Crippen molar-refractivity contribution in [2.24, 2.45) is 5.92 Å². The Balaban J connectivity index is 2.03. The lowest BCUT2D eigenvalue weighted by Crippen LogP contribution is -2.30. The SMILES string of the molecule is COc1cccc2c1C(=O)c1ccc3c(c1C2=O)C(=O)C[C@@H](C)[C@@H]3O. The van der Waals surface area contributed by atoms with E-state index in [0.29, 0.717) is 11.3 Å². The quantitative estimate of drug-likeness (QED) is 0.739. The van der Waals surface area contributed by atoms with Crippen LogP contribution in [0, 0.1) is 5.92 Å². The van der Waals surface area contributed by atoms with Gasteiger partial charge in [0.05, 0.1) is 18.8 Å². The molecule has 0 unspecified atom stereocenters. The Labute approximate surface area is 144 Å². The second kappa shape index (κ2) is 5.36. The first-order chi connectivity index (χ1) is 12.0. The Morgan fingerprint density at radius 1 is 0.960 bits per heavy atom. The van der Waals surface area contributed by atoms with E-state index in [9.17, 15) is 19.5 Å². The number of fused-ring (bicyclic) bond motifs is 4. The van der Waals surface area contributed by atoms with Gasteiger partial charge in [0.2, 0.25) is 0 Å². The molecule has 5 heteroatoms. The molecule has 0 spiro atoms.